The van der Waals surface area contributed by atoms with Crippen LogP contribution in [0.1, 0.15) is 42.7 Å². The van der Waals surface area contributed by atoms with Gasteiger partial charge < -0.3 is 24.3 Å². The highest BCUT2D eigenvalue weighted by atomic mass is 16.8. The van der Waals surface area contributed by atoms with Crippen molar-refractivity contribution in [3.05, 3.63) is 71.3 Å². The van der Waals surface area contributed by atoms with Crippen LogP contribution in [0.15, 0.2) is 54.6 Å². The molecule has 2 aromatic carbocycles. The van der Waals surface area contributed by atoms with E-state index in [0.29, 0.717) is 13.2 Å². The molecule has 0 radical (unpaired) electrons. The monoisotopic (exact) mass is 399 g/mol. The van der Waals surface area contributed by atoms with Gasteiger partial charge in [0.15, 0.2) is 5.79 Å². The van der Waals surface area contributed by atoms with E-state index in [0.717, 1.165) is 16.7 Å². The summed E-state index contributed by atoms with van der Waals surface area (Å²) in [5.74, 6) is -1.02. The average molecular weight is 399 g/mol. The molecule has 1 N–H and O–H groups in total. The normalized spacial score (nSPS) is 21.7. The Labute approximate surface area is 172 Å². The van der Waals surface area contributed by atoms with E-state index in [2.05, 4.69) is 5.32 Å². The van der Waals surface area contributed by atoms with Gasteiger partial charge in [-0.2, -0.15) is 0 Å². The molecule has 0 aliphatic carbocycles. The standard InChI is InChI=1S/C23H29NO5/c1-23(2)28-19(15-27-14-16-8-6-5-7-9-16)21(29-23)18-12-10-17(11-13-18)20(24-3)22(25)26-4/h5-13,19-21,24H,14-15H2,1-4H3. The van der Waals surface area contributed by atoms with E-state index < -0.39 is 11.8 Å². The third-order valence-electron chi connectivity index (χ3n) is 4.90. The Morgan fingerprint density at radius 1 is 1.10 bits per heavy atom. The van der Waals surface area contributed by atoms with Gasteiger partial charge in [-0.05, 0) is 37.6 Å². The highest BCUT2D eigenvalue weighted by Gasteiger charge is 2.42. The highest BCUT2D eigenvalue weighted by molar-refractivity contribution is 5.77. The van der Waals surface area contributed by atoms with Crippen molar-refractivity contribution in [2.75, 3.05) is 20.8 Å². The number of hydrogen-bond donors (Lipinski definition) is 1. The summed E-state index contributed by atoms with van der Waals surface area (Å²) in [6, 6.07) is 17.3. The van der Waals surface area contributed by atoms with Gasteiger partial charge in [0.1, 0.15) is 18.2 Å². The summed E-state index contributed by atoms with van der Waals surface area (Å²) in [4.78, 5) is 11.9. The first-order valence-electron chi connectivity index (χ1n) is 9.76. The highest BCUT2D eigenvalue weighted by Crippen LogP contribution is 2.38. The Morgan fingerprint density at radius 2 is 1.79 bits per heavy atom. The third-order valence-corrected chi connectivity index (χ3v) is 4.90. The van der Waals surface area contributed by atoms with Gasteiger partial charge in [-0.3, -0.25) is 0 Å². The van der Waals surface area contributed by atoms with Crippen LogP contribution in [0.2, 0.25) is 0 Å². The minimum atomic E-state index is -0.691. The second kappa shape index (κ2) is 9.50. The van der Waals surface area contributed by atoms with Gasteiger partial charge in [-0.1, -0.05) is 54.6 Å². The molecule has 1 heterocycles. The maximum Gasteiger partial charge on any atom is 0.327 e. The number of likely N-dealkylation sites (N-methyl/N-ethyl adjacent to an activating group) is 1. The zero-order valence-electron chi connectivity index (χ0n) is 17.4. The number of esters is 1. The Balaban J connectivity index is 1.68. The van der Waals surface area contributed by atoms with Crippen LogP contribution >= 0.6 is 0 Å². The van der Waals surface area contributed by atoms with Crippen molar-refractivity contribution < 1.29 is 23.7 Å². The second-order valence-electron chi connectivity index (χ2n) is 7.51. The average Bonchev–Trinajstić information content (AvgIpc) is 3.04. The van der Waals surface area contributed by atoms with E-state index >= 15 is 0 Å². The van der Waals surface area contributed by atoms with E-state index in [9.17, 15) is 4.79 Å². The molecule has 0 bridgehead atoms. The number of ether oxygens (including phenoxy) is 4. The third kappa shape index (κ3) is 5.42. The molecule has 3 unspecified atom stereocenters. The fraction of sp³-hybridized carbons (Fsp3) is 0.435. The summed E-state index contributed by atoms with van der Waals surface area (Å²) < 4.78 is 23.0. The molecule has 3 atom stereocenters. The Bertz CT molecular complexity index is 791. The number of rotatable bonds is 8. The van der Waals surface area contributed by atoms with Crippen molar-refractivity contribution in [1.29, 1.82) is 0 Å². The SMILES string of the molecule is CNC(C(=O)OC)c1ccc(C2OC(C)(C)OC2COCc2ccccc2)cc1. The molecular formula is C23H29NO5. The van der Waals surface area contributed by atoms with Gasteiger partial charge in [0, 0.05) is 0 Å². The minimum absolute atomic E-state index is 0.222. The fourth-order valence-electron chi connectivity index (χ4n) is 3.52. The number of carbonyl (C=O) groups is 1. The predicted molar refractivity (Wildman–Crippen MR) is 109 cm³/mol. The van der Waals surface area contributed by atoms with E-state index in [1.807, 2.05) is 68.4 Å². The molecule has 3 rings (SSSR count). The molecule has 0 aromatic heterocycles. The van der Waals surface area contributed by atoms with Gasteiger partial charge in [0.2, 0.25) is 0 Å². The first kappa shape index (κ1) is 21.5. The van der Waals surface area contributed by atoms with Gasteiger partial charge in [-0.15, -0.1) is 0 Å². The van der Waals surface area contributed by atoms with Crippen LogP contribution in [-0.2, 0) is 30.3 Å². The number of methoxy groups -OCH3 is 1. The molecule has 1 aliphatic rings. The summed E-state index contributed by atoms with van der Waals surface area (Å²) in [5.41, 5.74) is 2.93. The van der Waals surface area contributed by atoms with Crippen molar-refractivity contribution >= 4 is 5.97 Å². The fourth-order valence-corrected chi connectivity index (χ4v) is 3.52. The lowest BCUT2D eigenvalue weighted by atomic mass is 10.00. The van der Waals surface area contributed by atoms with Crippen LogP contribution in [0.5, 0.6) is 0 Å². The first-order valence-corrected chi connectivity index (χ1v) is 9.76. The zero-order valence-corrected chi connectivity index (χ0v) is 17.4. The number of benzene rings is 2. The molecule has 156 valence electrons. The van der Waals surface area contributed by atoms with Crippen LogP contribution in [0.25, 0.3) is 0 Å². The molecule has 6 nitrogen and oxygen atoms in total. The van der Waals surface area contributed by atoms with E-state index in [-0.39, 0.29) is 18.2 Å². The van der Waals surface area contributed by atoms with Gasteiger partial charge in [0.05, 0.1) is 20.3 Å². The molecule has 2 aromatic rings. The zero-order chi connectivity index (χ0) is 20.9. The molecule has 1 fully saturated rings. The molecular weight excluding hydrogens is 370 g/mol. The molecule has 1 aliphatic heterocycles. The maximum absolute atomic E-state index is 11.9. The number of carbonyl (C=O) groups excluding carboxylic acids is 1. The minimum Gasteiger partial charge on any atom is -0.468 e. The van der Waals surface area contributed by atoms with E-state index in [1.165, 1.54) is 7.11 Å². The Kier molecular flexibility index (Phi) is 7.03. The summed E-state index contributed by atoms with van der Waals surface area (Å²) in [5, 5.41) is 2.97. The van der Waals surface area contributed by atoms with Crippen LogP contribution in [0.3, 0.4) is 0 Å². The molecule has 0 amide bonds. The smallest absolute Gasteiger partial charge is 0.327 e. The molecule has 29 heavy (non-hydrogen) atoms. The van der Waals surface area contributed by atoms with Gasteiger partial charge in [-0.25, -0.2) is 4.79 Å². The van der Waals surface area contributed by atoms with Crippen molar-refractivity contribution in [3.63, 3.8) is 0 Å². The van der Waals surface area contributed by atoms with E-state index in [1.54, 1.807) is 7.05 Å². The summed E-state index contributed by atoms with van der Waals surface area (Å²) in [6.07, 6.45) is -0.471. The summed E-state index contributed by atoms with van der Waals surface area (Å²) >= 11 is 0. The van der Waals surface area contributed by atoms with Crippen molar-refractivity contribution in [2.24, 2.45) is 0 Å². The number of nitrogens with one attached hydrogen (secondary N) is 1. The predicted octanol–water partition coefficient (Wildman–Crippen LogP) is 3.53. The van der Waals surface area contributed by atoms with Crippen LogP contribution in [0.4, 0.5) is 0 Å². The first-order chi connectivity index (χ1) is 13.9. The van der Waals surface area contributed by atoms with Gasteiger partial charge >= 0.3 is 5.97 Å². The molecule has 6 heteroatoms. The second-order valence-corrected chi connectivity index (χ2v) is 7.51. The van der Waals surface area contributed by atoms with Gasteiger partial charge in [0.25, 0.3) is 0 Å². The largest absolute Gasteiger partial charge is 0.468 e. The van der Waals surface area contributed by atoms with Crippen LogP contribution in [0, 0.1) is 0 Å². The summed E-state index contributed by atoms with van der Waals surface area (Å²) in [6.45, 7) is 4.75. The Hall–Kier alpha value is -2.25. The van der Waals surface area contributed by atoms with Crippen LogP contribution < -0.4 is 5.32 Å². The molecule has 0 spiro atoms. The lowest BCUT2D eigenvalue weighted by Gasteiger charge is -2.19. The number of hydrogen-bond acceptors (Lipinski definition) is 6. The summed E-state index contributed by atoms with van der Waals surface area (Å²) in [7, 11) is 3.11. The molecule has 0 saturated carbocycles. The van der Waals surface area contributed by atoms with E-state index in [4.69, 9.17) is 18.9 Å². The lowest BCUT2D eigenvalue weighted by Crippen LogP contribution is -2.26. The lowest BCUT2D eigenvalue weighted by molar-refractivity contribution is -0.151. The molecule has 1 saturated heterocycles. The Morgan fingerprint density at radius 3 is 2.41 bits per heavy atom. The van der Waals surface area contributed by atoms with Crippen molar-refractivity contribution in [3.8, 4) is 0 Å². The maximum atomic E-state index is 11.9. The topological polar surface area (TPSA) is 66.0 Å². The van der Waals surface area contributed by atoms with Crippen molar-refractivity contribution in [2.45, 2.75) is 44.5 Å². The van der Waals surface area contributed by atoms with Crippen molar-refractivity contribution in [1.82, 2.24) is 5.32 Å². The quantitative estimate of drug-likeness (QED) is 0.685. The van der Waals surface area contributed by atoms with Crippen LogP contribution in [-0.4, -0.2) is 38.6 Å².